The minimum atomic E-state index is -0.854. The van der Waals surface area contributed by atoms with Crippen LogP contribution in [0.5, 0.6) is 0 Å². The standard InChI is InChI=1S/C17H18N4O3/c1-11-6-8-18-15(19-11)12-2-4-14(5-3-12)20-17(24)21-9-7-13(10-21)16(22)23/h2-6,8,13H,7,9-10H2,1H3,(H,20,24)(H,22,23). The number of benzene rings is 1. The normalized spacial score (nSPS) is 16.9. The molecule has 1 saturated heterocycles. The van der Waals surface area contributed by atoms with Crippen LogP contribution < -0.4 is 5.32 Å². The molecule has 0 spiro atoms. The number of amides is 2. The molecule has 24 heavy (non-hydrogen) atoms. The van der Waals surface area contributed by atoms with E-state index in [0.717, 1.165) is 11.3 Å². The van der Waals surface area contributed by atoms with Crippen LogP contribution in [0.25, 0.3) is 11.4 Å². The van der Waals surface area contributed by atoms with Crippen LogP contribution in [0, 0.1) is 12.8 Å². The van der Waals surface area contributed by atoms with E-state index in [1.807, 2.05) is 25.1 Å². The van der Waals surface area contributed by atoms with E-state index in [1.54, 1.807) is 18.3 Å². The van der Waals surface area contributed by atoms with Crippen LogP contribution in [0.2, 0.25) is 0 Å². The van der Waals surface area contributed by atoms with Gasteiger partial charge in [0.2, 0.25) is 0 Å². The van der Waals surface area contributed by atoms with Crippen molar-refractivity contribution in [1.82, 2.24) is 14.9 Å². The van der Waals surface area contributed by atoms with Gasteiger partial charge in [0.1, 0.15) is 0 Å². The lowest BCUT2D eigenvalue weighted by Gasteiger charge is -2.16. The SMILES string of the molecule is Cc1ccnc(-c2ccc(NC(=O)N3CCC(C(=O)O)C3)cc2)n1. The molecule has 1 atom stereocenters. The molecular formula is C17H18N4O3. The molecule has 1 unspecified atom stereocenters. The topological polar surface area (TPSA) is 95.4 Å². The Morgan fingerprint density at radius 1 is 1.25 bits per heavy atom. The number of carbonyl (C=O) groups excluding carboxylic acids is 1. The lowest BCUT2D eigenvalue weighted by atomic mass is 10.1. The van der Waals surface area contributed by atoms with Gasteiger partial charge in [0.25, 0.3) is 0 Å². The summed E-state index contributed by atoms with van der Waals surface area (Å²) in [5.74, 6) is -0.693. The lowest BCUT2D eigenvalue weighted by Crippen LogP contribution is -2.33. The number of hydrogen-bond acceptors (Lipinski definition) is 4. The average Bonchev–Trinajstić information content (AvgIpc) is 3.06. The summed E-state index contributed by atoms with van der Waals surface area (Å²) in [6, 6.07) is 8.80. The fraction of sp³-hybridized carbons (Fsp3) is 0.294. The Morgan fingerprint density at radius 3 is 2.62 bits per heavy atom. The van der Waals surface area contributed by atoms with E-state index >= 15 is 0 Å². The predicted octanol–water partition coefficient (Wildman–Crippen LogP) is 2.39. The molecule has 124 valence electrons. The van der Waals surface area contributed by atoms with Gasteiger partial charge in [0.15, 0.2) is 5.82 Å². The van der Waals surface area contributed by atoms with Crippen LogP contribution >= 0.6 is 0 Å². The third-order valence-electron chi connectivity index (χ3n) is 4.01. The summed E-state index contributed by atoms with van der Waals surface area (Å²) in [4.78, 5) is 33.2. The molecule has 2 amide bonds. The van der Waals surface area contributed by atoms with Crippen molar-refractivity contribution in [2.75, 3.05) is 18.4 Å². The Kier molecular flexibility index (Phi) is 4.41. The van der Waals surface area contributed by atoms with E-state index in [4.69, 9.17) is 5.11 Å². The smallest absolute Gasteiger partial charge is 0.321 e. The third-order valence-corrected chi connectivity index (χ3v) is 4.01. The van der Waals surface area contributed by atoms with Gasteiger partial charge in [0.05, 0.1) is 5.92 Å². The molecule has 7 nitrogen and oxygen atoms in total. The first-order chi connectivity index (χ1) is 11.5. The summed E-state index contributed by atoms with van der Waals surface area (Å²) in [6.45, 7) is 2.61. The van der Waals surface area contributed by atoms with Crippen LogP contribution in [0.4, 0.5) is 10.5 Å². The highest BCUT2D eigenvalue weighted by Gasteiger charge is 2.30. The molecule has 1 aromatic carbocycles. The molecule has 0 radical (unpaired) electrons. The van der Waals surface area contributed by atoms with Crippen LogP contribution in [-0.4, -0.2) is 45.1 Å². The first-order valence-electron chi connectivity index (χ1n) is 7.72. The maximum atomic E-state index is 12.2. The number of aromatic nitrogens is 2. The quantitative estimate of drug-likeness (QED) is 0.903. The van der Waals surface area contributed by atoms with Gasteiger partial charge >= 0.3 is 12.0 Å². The molecule has 1 aromatic heterocycles. The lowest BCUT2D eigenvalue weighted by molar-refractivity contribution is -0.141. The van der Waals surface area contributed by atoms with Gasteiger partial charge in [-0.2, -0.15) is 0 Å². The zero-order valence-corrected chi connectivity index (χ0v) is 13.3. The number of hydrogen-bond donors (Lipinski definition) is 2. The van der Waals surface area contributed by atoms with E-state index in [0.29, 0.717) is 24.5 Å². The summed E-state index contributed by atoms with van der Waals surface area (Å²) in [5, 5.41) is 11.8. The maximum Gasteiger partial charge on any atom is 0.321 e. The van der Waals surface area contributed by atoms with E-state index in [-0.39, 0.29) is 12.6 Å². The molecule has 1 aliphatic rings. The highest BCUT2D eigenvalue weighted by Crippen LogP contribution is 2.20. The van der Waals surface area contributed by atoms with Crippen molar-refractivity contribution in [2.45, 2.75) is 13.3 Å². The Morgan fingerprint density at radius 2 is 2.00 bits per heavy atom. The minimum absolute atomic E-state index is 0.246. The third kappa shape index (κ3) is 3.51. The van der Waals surface area contributed by atoms with Gasteiger partial charge in [-0.05, 0) is 43.7 Å². The van der Waals surface area contributed by atoms with Crippen LogP contribution in [-0.2, 0) is 4.79 Å². The van der Waals surface area contributed by atoms with E-state index in [1.165, 1.54) is 4.90 Å². The van der Waals surface area contributed by atoms with Crippen molar-refractivity contribution in [3.63, 3.8) is 0 Å². The molecule has 0 bridgehead atoms. The number of carboxylic acids is 1. The molecule has 2 N–H and O–H groups in total. The van der Waals surface area contributed by atoms with Gasteiger partial charge in [-0.3, -0.25) is 4.79 Å². The fourth-order valence-corrected chi connectivity index (χ4v) is 2.64. The first kappa shape index (κ1) is 15.9. The van der Waals surface area contributed by atoms with Crippen molar-refractivity contribution >= 4 is 17.7 Å². The van der Waals surface area contributed by atoms with E-state index < -0.39 is 11.9 Å². The number of rotatable bonds is 3. The van der Waals surface area contributed by atoms with Gasteiger partial charge in [-0.1, -0.05) is 0 Å². The Labute approximate surface area is 139 Å². The second-order valence-electron chi connectivity index (χ2n) is 5.80. The number of carboxylic acid groups (broad SMARTS) is 1. The molecule has 7 heteroatoms. The summed E-state index contributed by atoms with van der Waals surface area (Å²) in [7, 11) is 0. The van der Waals surface area contributed by atoms with E-state index in [9.17, 15) is 9.59 Å². The summed E-state index contributed by atoms with van der Waals surface area (Å²) >= 11 is 0. The largest absolute Gasteiger partial charge is 0.481 e. The second kappa shape index (κ2) is 6.66. The number of nitrogens with one attached hydrogen (secondary N) is 1. The zero-order chi connectivity index (χ0) is 17.1. The van der Waals surface area contributed by atoms with Crippen LogP contribution in [0.3, 0.4) is 0 Å². The van der Waals surface area contributed by atoms with Crippen molar-refractivity contribution in [3.05, 3.63) is 42.2 Å². The molecule has 3 rings (SSSR count). The fourth-order valence-electron chi connectivity index (χ4n) is 2.64. The van der Waals surface area contributed by atoms with Crippen LogP contribution in [0.1, 0.15) is 12.1 Å². The van der Waals surface area contributed by atoms with Crippen molar-refractivity contribution < 1.29 is 14.7 Å². The number of likely N-dealkylation sites (tertiary alicyclic amines) is 1. The molecule has 2 aromatic rings. The Bertz CT molecular complexity index is 761. The van der Waals surface area contributed by atoms with Crippen molar-refractivity contribution in [2.24, 2.45) is 5.92 Å². The van der Waals surface area contributed by atoms with Crippen molar-refractivity contribution in [1.29, 1.82) is 0 Å². The number of aliphatic carboxylic acids is 1. The average molecular weight is 326 g/mol. The molecule has 0 saturated carbocycles. The molecule has 1 aliphatic heterocycles. The highest BCUT2D eigenvalue weighted by molar-refractivity contribution is 5.90. The van der Waals surface area contributed by atoms with Gasteiger partial charge < -0.3 is 15.3 Å². The summed E-state index contributed by atoms with van der Waals surface area (Å²) in [5.41, 5.74) is 2.40. The molecular weight excluding hydrogens is 308 g/mol. The molecule has 2 heterocycles. The number of anilines is 1. The zero-order valence-electron chi connectivity index (χ0n) is 13.3. The van der Waals surface area contributed by atoms with Gasteiger partial charge in [-0.15, -0.1) is 0 Å². The van der Waals surface area contributed by atoms with E-state index in [2.05, 4.69) is 15.3 Å². The number of urea groups is 1. The monoisotopic (exact) mass is 326 g/mol. The number of aryl methyl sites for hydroxylation is 1. The number of nitrogens with zero attached hydrogens (tertiary/aromatic N) is 3. The maximum absolute atomic E-state index is 12.2. The summed E-state index contributed by atoms with van der Waals surface area (Å²) < 4.78 is 0. The Balaban J connectivity index is 1.64. The Hall–Kier alpha value is -2.96. The molecule has 0 aliphatic carbocycles. The second-order valence-corrected chi connectivity index (χ2v) is 5.80. The summed E-state index contributed by atoms with van der Waals surface area (Å²) in [6.07, 6.45) is 2.20. The van der Waals surface area contributed by atoms with Crippen LogP contribution in [0.15, 0.2) is 36.5 Å². The number of carbonyl (C=O) groups is 2. The predicted molar refractivity (Wildman–Crippen MR) is 88.5 cm³/mol. The van der Waals surface area contributed by atoms with Gasteiger partial charge in [-0.25, -0.2) is 14.8 Å². The minimum Gasteiger partial charge on any atom is -0.481 e. The van der Waals surface area contributed by atoms with Gasteiger partial charge in [0, 0.05) is 36.2 Å². The van der Waals surface area contributed by atoms with Crippen molar-refractivity contribution in [3.8, 4) is 11.4 Å². The molecule has 1 fully saturated rings. The first-order valence-corrected chi connectivity index (χ1v) is 7.72. The highest BCUT2D eigenvalue weighted by atomic mass is 16.4.